The third kappa shape index (κ3) is 2.99. The molecule has 2 heteroatoms. The molecule has 1 saturated carbocycles. The number of hydrogen-bond donors (Lipinski definition) is 1. The van der Waals surface area contributed by atoms with E-state index in [2.05, 4.69) is 26.1 Å². The van der Waals surface area contributed by atoms with Crippen molar-refractivity contribution in [2.45, 2.75) is 52.0 Å². The number of hydrogen-bond acceptors (Lipinski definition) is 1. The highest BCUT2D eigenvalue weighted by molar-refractivity contribution is 6.25. The molecule has 1 aliphatic rings. The van der Waals surface area contributed by atoms with Gasteiger partial charge in [-0.05, 0) is 38.2 Å². The summed E-state index contributed by atoms with van der Waals surface area (Å²) in [6.45, 7) is 7.69. The van der Waals surface area contributed by atoms with Crippen LogP contribution in [-0.2, 0) is 0 Å². The Labute approximate surface area is 92.9 Å². The van der Waals surface area contributed by atoms with E-state index >= 15 is 0 Å². The third-order valence-electron chi connectivity index (χ3n) is 3.63. The highest BCUT2D eigenvalue weighted by Crippen LogP contribution is 2.33. The van der Waals surface area contributed by atoms with Gasteiger partial charge in [0.25, 0.3) is 0 Å². The van der Waals surface area contributed by atoms with Crippen LogP contribution in [0, 0.1) is 5.92 Å². The van der Waals surface area contributed by atoms with Gasteiger partial charge in [-0.15, -0.1) is 0 Å². The zero-order valence-electron chi connectivity index (χ0n) is 9.57. The lowest BCUT2D eigenvalue weighted by molar-refractivity contribution is 0.179. The van der Waals surface area contributed by atoms with Gasteiger partial charge in [-0.25, -0.2) is 0 Å². The predicted octanol–water partition coefficient (Wildman–Crippen LogP) is 3.69. The first-order valence-corrected chi connectivity index (χ1v) is 6.03. The van der Waals surface area contributed by atoms with E-state index in [9.17, 15) is 0 Å². The molecule has 2 unspecified atom stereocenters. The van der Waals surface area contributed by atoms with Crippen LogP contribution in [0.3, 0.4) is 0 Å². The molecule has 1 nitrogen and oxygen atoms in total. The molecule has 2 atom stereocenters. The molecule has 0 aliphatic heterocycles. The summed E-state index contributed by atoms with van der Waals surface area (Å²) in [6.07, 6.45) is 5.40. The smallest absolute Gasteiger partial charge is 0.0181 e. The van der Waals surface area contributed by atoms with Crippen LogP contribution < -0.4 is 5.32 Å². The molecule has 14 heavy (non-hydrogen) atoms. The fourth-order valence-electron chi connectivity index (χ4n) is 2.15. The molecule has 82 valence electrons. The van der Waals surface area contributed by atoms with Crippen LogP contribution in [0.1, 0.15) is 46.5 Å². The van der Waals surface area contributed by atoms with Crippen LogP contribution in [0.15, 0.2) is 11.1 Å². The molecular weight excluding hydrogens is 194 g/mol. The van der Waals surface area contributed by atoms with Crippen LogP contribution >= 0.6 is 11.6 Å². The van der Waals surface area contributed by atoms with Gasteiger partial charge in [-0.1, -0.05) is 31.4 Å². The molecule has 1 N–H and O–H groups in total. The van der Waals surface area contributed by atoms with E-state index in [-0.39, 0.29) is 0 Å². The molecule has 1 fully saturated rings. The van der Waals surface area contributed by atoms with Gasteiger partial charge in [0.15, 0.2) is 0 Å². The van der Waals surface area contributed by atoms with Gasteiger partial charge < -0.3 is 5.32 Å². The summed E-state index contributed by atoms with van der Waals surface area (Å²) >= 11 is 5.65. The van der Waals surface area contributed by atoms with Crippen molar-refractivity contribution in [3.05, 3.63) is 11.1 Å². The van der Waals surface area contributed by atoms with Gasteiger partial charge in [0.05, 0.1) is 0 Å². The standard InChI is InChI=1S/C12H22ClN/c1-10(8-13)9-14-12(3)7-5-4-6-11(12)2/h8,11,14H,4-7,9H2,1-3H3/b10-8+. The maximum atomic E-state index is 5.65. The second-order valence-electron chi connectivity index (χ2n) is 4.87. The van der Waals surface area contributed by atoms with Crippen molar-refractivity contribution >= 4 is 11.6 Å². The van der Waals surface area contributed by atoms with Gasteiger partial charge in [-0.3, -0.25) is 0 Å². The fraction of sp³-hybridized carbons (Fsp3) is 0.833. The molecule has 0 aromatic heterocycles. The van der Waals surface area contributed by atoms with E-state index in [4.69, 9.17) is 11.6 Å². The second kappa shape index (κ2) is 5.18. The monoisotopic (exact) mass is 215 g/mol. The predicted molar refractivity (Wildman–Crippen MR) is 63.6 cm³/mol. The van der Waals surface area contributed by atoms with Crippen molar-refractivity contribution in [2.24, 2.45) is 5.92 Å². The zero-order valence-corrected chi connectivity index (χ0v) is 10.3. The van der Waals surface area contributed by atoms with Crippen LogP contribution in [0.25, 0.3) is 0 Å². The second-order valence-corrected chi connectivity index (χ2v) is 5.09. The quantitative estimate of drug-likeness (QED) is 0.758. The Morgan fingerprint density at radius 3 is 2.86 bits per heavy atom. The van der Waals surface area contributed by atoms with Crippen molar-refractivity contribution in [3.63, 3.8) is 0 Å². The van der Waals surface area contributed by atoms with Crippen molar-refractivity contribution < 1.29 is 0 Å². The summed E-state index contributed by atoms with van der Waals surface area (Å²) in [5, 5.41) is 3.65. The largest absolute Gasteiger partial charge is 0.307 e. The molecule has 0 radical (unpaired) electrons. The van der Waals surface area contributed by atoms with Crippen molar-refractivity contribution in [3.8, 4) is 0 Å². The number of halogens is 1. The van der Waals surface area contributed by atoms with E-state index in [1.165, 1.54) is 31.3 Å². The highest BCUT2D eigenvalue weighted by Gasteiger charge is 2.32. The molecular formula is C12H22ClN. The Hall–Kier alpha value is -0.0100. The molecule has 1 rings (SSSR count). The van der Waals surface area contributed by atoms with Crippen LogP contribution in [0.5, 0.6) is 0 Å². The summed E-state index contributed by atoms with van der Waals surface area (Å²) in [7, 11) is 0. The molecule has 0 aromatic carbocycles. The van der Waals surface area contributed by atoms with Gasteiger partial charge in [-0.2, -0.15) is 0 Å². The summed E-state index contributed by atoms with van der Waals surface area (Å²) in [5.74, 6) is 0.777. The highest BCUT2D eigenvalue weighted by atomic mass is 35.5. The average Bonchev–Trinajstić information content (AvgIpc) is 2.19. The number of rotatable bonds is 3. The lowest BCUT2D eigenvalue weighted by atomic mass is 9.75. The number of nitrogens with one attached hydrogen (secondary N) is 1. The van der Waals surface area contributed by atoms with Gasteiger partial charge >= 0.3 is 0 Å². The van der Waals surface area contributed by atoms with E-state index in [1.54, 1.807) is 5.54 Å². The Kier molecular flexibility index (Phi) is 4.46. The van der Waals surface area contributed by atoms with Crippen LogP contribution in [0.4, 0.5) is 0 Å². The first-order valence-electron chi connectivity index (χ1n) is 5.59. The Morgan fingerprint density at radius 2 is 2.29 bits per heavy atom. The van der Waals surface area contributed by atoms with Gasteiger partial charge in [0.1, 0.15) is 0 Å². The van der Waals surface area contributed by atoms with Gasteiger partial charge in [0, 0.05) is 17.6 Å². The Bertz CT molecular complexity index is 212. The van der Waals surface area contributed by atoms with Crippen molar-refractivity contribution in [1.82, 2.24) is 5.32 Å². The van der Waals surface area contributed by atoms with E-state index in [0.29, 0.717) is 5.54 Å². The Balaban J connectivity index is 2.47. The van der Waals surface area contributed by atoms with Crippen molar-refractivity contribution in [1.29, 1.82) is 0 Å². The van der Waals surface area contributed by atoms with Crippen LogP contribution in [-0.4, -0.2) is 12.1 Å². The molecule has 0 bridgehead atoms. The van der Waals surface area contributed by atoms with E-state index in [0.717, 1.165) is 12.5 Å². The SMILES string of the molecule is C/C(=C\Cl)CNC1(C)CCCCC1C. The summed E-state index contributed by atoms with van der Waals surface area (Å²) in [6, 6.07) is 0. The minimum atomic E-state index is 0.319. The zero-order chi connectivity index (χ0) is 10.6. The first kappa shape index (κ1) is 12.1. The first-order chi connectivity index (χ1) is 6.58. The van der Waals surface area contributed by atoms with Crippen molar-refractivity contribution in [2.75, 3.05) is 6.54 Å². The third-order valence-corrected chi connectivity index (χ3v) is 4.00. The van der Waals surface area contributed by atoms with Crippen LogP contribution in [0.2, 0.25) is 0 Å². The Morgan fingerprint density at radius 1 is 1.57 bits per heavy atom. The lowest BCUT2D eigenvalue weighted by Crippen LogP contribution is -2.50. The lowest BCUT2D eigenvalue weighted by Gasteiger charge is -2.41. The molecule has 0 aromatic rings. The normalized spacial score (nSPS) is 34.6. The molecule has 0 saturated heterocycles. The molecule has 0 spiro atoms. The van der Waals surface area contributed by atoms with E-state index in [1.807, 2.05) is 0 Å². The fourth-order valence-corrected chi connectivity index (χ4v) is 2.23. The maximum Gasteiger partial charge on any atom is 0.0181 e. The summed E-state index contributed by atoms with van der Waals surface area (Å²) in [5.41, 5.74) is 3.20. The molecule has 0 amide bonds. The molecule has 0 heterocycles. The molecule has 1 aliphatic carbocycles. The minimum absolute atomic E-state index is 0.319. The minimum Gasteiger partial charge on any atom is -0.307 e. The maximum absolute atomic E-state index is 5.65. The van der Waals surface area contributed by atoms with E-state index < -0.39 is 0 Å². The average molecular weight is 216 g/mol. The van der Waals surface area contributed by atoms with Gasteiger partial charge in [0.2, 0.25) is 0 Å². The summed E-state index contributed by atoms with van der Waals surface area (Å²) in [4.78, 5) is 0. The summed E-state index contributed by atoms with van der Waals surface area (Å²) < 4.78 is 0. The topological polar surface area (TPSA) is 12.0 Å².